The van der Waals surface area contributed by atoms with Crippen molar-refractivity contribution in [1.29, 1.82) is 0 Å². The number of phenols is 4. The van der Waals surface area contributed by atoms with Crippen LogP contribution in [-0.2, 0) is 48.1 Å². The van der Waals surface area contributed by atoms with E-state index < -0.39 is 5.97 Å². The molecule has 0 aliphatic heterocycles. The summed E-state index contributed by atoms with van der Waals surface area (Å²) >= 11 is 0. The maximum Gasteiger partial charge on any atom is 0.305 e. The Morgan fingerprint density at radius 1 is 0.539 bits per heavy atom. The second-order valence-corrected chi connectivity index (χ2v) is 21.3. The third kappa shape index (κ3) is 26.4. The lowest BCUT2D eigenvalue weighted by atomic mass is 9.95. The van der Waals surface area contributed by atoms with Gasteiger partial charge in [-0.05, 0) is 176 Å². The van der Waals surface area contributed by atoms with E-state index >= 15 is 0 Å². The van der Waals surface area contributed by atoms with Gasteiger partial charge in [0.25, 0.3) is 0 Å². The van der Waals surface area contributed by atoms with Gasteiger partial charge in [0.2, 0.25) is 0 Å². The Balaban J connectivity index is 0. The fraction of sp³-hybridized carbons (Fsp3) is 0.515. The molecule has 0 radical (unpaired) electrons. The van der Waals surface area contributed by atoms with E-state index in [4.69, 9.17) is 14.3 Å². The highest BCUT2D eigenvalue weighted by molar-refractivity contribution is 5.88. The number of aliphatic carboxylic acids is 1. The smallest absolute Gasteiger partial charge is 0.305 e. The van der Waals surface area contributed by atoms with Crippen LogP contribution < -0.4 is 0 Å². The van der Waals surface area contributed by atoms with Crippen LogP contribution in [0.15, 0.2) is 83.5 Å². The van der Waals surface area contributed by atoms with Crippen molar-refractivity contribution >= 4 is 16.7 Å². The second kappa shape index (κ2) is 38.8. The number of methoxy groups -OCH3 is 1. The van der Waals surface area contributed by atoms with Gasteiger partial charge in [0.15, 0.2) is 0 Å². The number of aromatic hydroxyl groups is 4. The number of fused-ring (bicyclic) bond motifs is 1. The molecule has 0 fully saturated rings. The Morgan fingerprint density at radius 3 is 1.38 bits per heavy atom. The van der Waals surface area contributed by atoms with E-state index in [2.05, 4.69) is 168 Å². The van der Waals surface area contributed by atoms with Crippen LogP contribution in [0.2, 0.25) is 0 Å². The van der Waals surface area contributed by atoms with Crippen molar-refractivity contribution in [2.75, 3.05) is 13.7 Å². The number of aryl methyl sites for hydroxylation is 7. The van der Waals surface area contributed by atoms with Crippen LogP contribution in [0.25, 0.3) is 10.8 Å². The van der Waals surface area contributed by atoms with E-state index in [1.807, 2.05) is 37.3 Å². The number of carboxylic acids is 1. The van der Waals surface area contributed by atoms with Crippen molar-refractivity contribution in [3.05, 3.63) is 152 Å². The van der Waals surface area contributed by atoms with Gasteiger partial charge in [0, 0.05) is 25.2 Å². The fourth-order valence-electron chi connectivity index (χ4n) is 7.75. The van der Waals surface area contributed by atoms with E-state index in [9.17, 15) is 25.2 Å². The van der Waals surface area contributed by atoms with Gasteiger partial charge in [-0.3, -0.25) is 4.79 Å². The van der Waals surface area contributed by atoms with Crippen molar-refractivity contribution in [2.45, 2.75) is 203 Å². The number of benzene rings is 5. The van der Waals surface area contributed by atoms with E-state index in [0.29, 0.717) is 40.8 Å². The SMILES string of the molecule is CC(C)C.CC(C)C(=O)O.CC(C)c1c(O)ccc2ccccc12.CC(C)c1ccco1.CCc1cc(C)c(C)c(CC)c1O.CCc1cc(C)cc(CC)c1O.CCc1cc(CC)c(O)c(C)c1C.COCC(C)C. The van der Waals surface area contributed by atoms with Gasteiger partial charge in [-0.2, -0.15) is 0 Å². The van der Waals surface area contributed by atoms with Crippen molar-refractivity contribution in [2.24, 2.45) is 17.8 Å². The van der Waals surface area contributed by atoms with Gasteiger partial charge in [-0.1, -0.05) is 178 Å². The zero-order valence-corrected chi connectivity index (χ0v) is 51.8. The number of furan rings is 1. The van der Waals surface area contributed by atoms with E-state index in [1.54, 1.807) is 33.3 Å². The molecule has 1 aromatic heterocycles. The maximum absolute atomic E-state index is 9.89. The monoisotopic (exact) mass is 1050 g/mol. The normalized spacial score (nSPS) is 10.3. The molecule has 8 heteroatoms. The Bertz CT molecular complexity index is 2470. The molecule has 0 aliphatic rings. The highest BCUT2D eigenvalue weighted by Gasteiger charge is 2.12. The zero-order valence-electron chi connectivity index (χ0n) is 51.8. The quantitative estimate of drug-likeness (QED) is 0.0864. The number of carboxylic acid groups (broad SMARTS) is 1. The molecule has 0 spiro atoms. The molecule has 0 amide bonds. The minimum absolute atomic E-state index is 0.231. The molecule has 0 bridgehead atoms. The fourth-order valence-corrected chi connectivity index (χ4v) is 7.75. The van der Waals surface area contributed by atoms with Crippen LogP contribution in [0.4, 0.5) is 0 Å². The number of hydrogen-bond donors (Lipinski definition) is 5. The summed E-state index contributed by atoms with van der Waals surface area (Å²) in [5, 5.41) is 49.5. The van der Waals surface area contributed by atoms with Crippen LogP contribution in [0.1, 0.15) is 202 Å². The maximum atomic E-state index is 9.89. The van der Waals surface area contributed by atoms with Crippen molar-refractivity contribution < 1.29 is 39.5 Å². The average Bonchev–Trinajstić information content (AvgIpc) is 3.92. The molecular weight excluding hydrogens is 945 g/mol. The van der Waals surface area contributed by atoms with Crippen LogP contribution in [-0.4, -0.2) is 45.2 Å². The van der Waals surface area contributed by atoms with E-state index in [1.165, 1.54) is 33.2 Å². The highest BCUT2D eigenvalue weighted by Crippen LogP contribution is 2.33. The average molecular weight is 1050 g/mol. The summed E-state index contributed by atoms with van der Waals surface area (Å²) in [5.41, 5.74) is 13.8. The third-order valence-corrected chi connectivity index (χ3v) is 12.4. The Kier molecular flexibility index (Phi) is 36.9. The topological polar surface area (TPSA) is 141 Å². The first-order chi connectivity index (χ1) is 35.6. The molecule has 8 nitrogen and oxygen atoms in total. The number of hydrogen-bond acceptors (Lipinski definition) is 7. The van der Waals surface area contributed by atoms with Crippen LogP contribution in [0.3, 0.4) is 0 Å². The summed E-state index contributed by atoms with van der Waals surface area (Å²) in [4.78, 5) is 9.70. The number of carbonyl (C=O) groups is 1. The minimum Gasteiger partial charge on any atom is -0.508 e. The Hall–Kier alpha value is -5.73. The molecule has 0 saturated carbocycles. The first-order valence-electron chi connectivity index (χ1n) is 28.0. The number of ether oxygens (including phenoxy) is 1. The van der Waals surface area contributed by atoms with Crippen molar-refractivity contribution in [3.8, 4) is 23.0 Å². The summed E-state index contributed by atoms with van der Waals surface area (Å²) in [6.45, 7) is 46.2. The lowest BCUT2D eigenvalue weighted by Crippen LogP contribution is -2.03. The van der Waals surface area contributed by atoms with Gasteiger partial charge < -0.3 is 34.7 Å². The standard InChI is InChI=1S/C13H14O.2C12H18O.C11H16O.C7H10O.C5H12O.C4H8O2.C4H10/c1-9(2)13-11-6-4-3-5-10(11)7-8-12(13)14;1-5-10-7-11(6-2)12(13)9(4)8(10)3;1-5-10-7-8(3)9(4)11(6-2)12(10)13;1-4-9-6-8(3)7-10(5-2)11(9)12;1-6(2)7-4-3-5-8-7;1-5(2)4-6-3;1-3(2)4(5)6;1-4(2)3/h3-9,14H,1-2H3;2*7,13H,5-6H2,1-4H3;6-7,12H,4-5H2,1-3H3;3-6H,1-2H3;5H,4H2,1-3H3;3H,1-2H3,(H,5,6);4H,1-3H3. The van der Waals surface area contributed by atoms with Crippen molar-refractivity contribution in [1.82, 2.24) is 0 Å². The van der Waals surface area contributed by atoms with Gasteiger partial charge in [0.1, 0.15) is 28.8 Å². The number of rotatable bonds is 11. The van der Waals surface area contributed by atoms with Crippen LogP contribution in [0, 0.1) is 52.4 Å². The minimum atomic E-state index is -0.741. The van der Waals surface area contributed by atoms with Gasteiger partial charge in [-0.25, -0.2) is 0 Å². The van der Waals surface area contributed by atoms with Gasteiger partial charge >= 0.3 is 5.97 Å². The molecule has 5 aromatic carbocycles. The van der Waals surface area contributed by atoms with Crippen molar-refractivity contribution in [3.63, 3.8) is 0 Å². The molecule has 0 aliphatic carbocycles. The van der Waals surface area contributed by atoms with Crippen LogP contribution >= 0.6 is 0 Å². The van der Waals surface area contributed by atoms with E-state index in [0.717, 1.165) is 101 Å². The molecule has 6 aromatic rings. The lowest BCUT2D eigenvalue weighted by Gasteiger charge is -2.13. The summed E-state index contributed by atoms with van der Waals surface area (Å²) in [6.07, 6.45) is 7.27. The first kappa shape index (κ1) is 72.3. The third-order valence-electron chi connectivity index (χ3n) is 12.4. The highest BCUT2D eigenvalue weighted by atomic mass is 16.5. The van der Waals surface area contributed by atoms with Crippen LogP contribution in [0.5, 0.6) is 23.0 Å². The Morgan fingerprint density at radius 2 is 1.01 bits per heavy atom. The largest absolute Gasteiger partial charge is 0.508 e. The summed E-state index contributed by atoms with van der Waals surface area (Å²) < 4.78 is 9.90. The molecule has 76 heavy (non-hydrogen) atoms. The van der Waals surface area contributed by atoms with E-state index in [-0.39, 0.29) is 5.92 Å². The molecular formula is C68H106O8. The summed E-state index contributed by atoms with van der Waals surface area (Å²) in [7, 11) is 1.72. The Labute approximate surface area is 463 Å². The van der Waals surface area contributed by atoms with Gasteiger partial charge in [-0.15, -0.1) is 0 Å². The summed E-state index contributed by atoms with van der Waals surface area (Å²) in [6, 6.07) is 24.1. The number of phenolic OH excluding ortho intramolecular Hbond substituents is 4. The molecule has 0 saturated heterocycles. The lowest BCUT2D eigenvalue weighted by molar-refractivity contribution is -0.140. The molecule has 0 atom stereocenters. The molecule has 6 rings (SSSR count). The summed E-state index contributed by atoms with van der Waals surface area (Å²) in [5.74, 6) is 4.35. The molecule has 426 valence electrons. The molecule has 1 heterocycles. The second-order valence-electron chi connectivity index (χ2n) is 21.3. The first-order valence-corrected chi connectivity index (χ1v) is 28.0. The molecule has 0 unspecified atom stereocenters. The molecule has 5 N–H and O–H groups in total. The predicted molar refractivity (Wildman–Crippen MR) is 326 cm³/mol. The van der Waals surface area contributed by atoms with Gasteiger partial charge in [0.05, 0.1) is 12.2 Å². The zero-order chi connectivity index (χ0) is 59.0. The predicted octanol–water partition coefficient (Wildman–Crippen LogP) is 18.8.